The SMILES string of the molecule is O=C(CN1CCN(CC(=O)N2CCCC2)CC1)N[C@@H]1CCCc2ccccc21. The van der Waals surface area contributed by atoms with E-state index in [9.17, 15) is 9.59 Å². The fraction of sp³-hybridized carbons (Fsp3) is 0.636. The molecule has 6 heteroatoms. The molecule has 1 aromatic carbocycles. The smallest absolute Gasteiger partial charge is 0.236 e. The first-order chi connectivity index (χ1) is 13.7. The van der Waals surface area contributed by atoms with Gasteiger partial charge >= 0.3 is 0 Å². The number of nitrogens with zero attached hydrogens (tertiary/aromatic N) is 3. The molecule has 0 unspecified atom stereocenters. The zero-order chi connectivity index (χ0) is 19.3. The van der Waals surface area contributed by atoms with Crippen molar-refractivity contribution in [2.45, 2.75) is 38.1 Å². The highest BCUT2D eigenvalue weighted by molar-refractivity contribution is 5.79. The molecule has 4 rings (SSSR count). The van der Waals surface area contributed by atoms with Crippen LogP contribution >= 0.6 is 0 Å². The fourth-order valence-corrected chi connectivity index (χ4v) is 4.71. The van der Waals surface area contributed by atoms with Crippen LogP contribution in [0.15, 0.2) is 24.3 Å². The van der Waals surface area contributed by atoms with Gasteiger partial charge in [0, 0.05) is 39.3 Å². The Morgan fingerprint density at radius 1 is 0.893 bits per heavy atom. The van der Waals surface area contributed by atoms with Crippen LogP contribution in [0.2, 0.25) is 0 Å². The van der Waals surface area contributed by atoms with Gasteiger partial charge in [-0.15, -0.1) is 0 Å². The van der Waals surface area contributed by atoms with Gasteiger partial charge in [-0.25, -0.2) is 0 Å². The standard InChI is InChI=1S/C22H32N4O2/c27-21(23-20-9-5-7-18-6-1-2-8-19(18)20)16-24-12-14-25(15-13-24)17-22(28)26-10-3-4-11-26/h1-2,6,8,20H,3-5,7,9-17H2,(H,23,27)/t20-/m1/s1. The minimum absolute atomic E-state index is 0.114. The van der Waals surface area contributed by atoms with Gasteiger partial charge in [-0.1, -0.05) is 24.3 Å². The fourth-order valence-electron chi connectivity index (χ4n) is 4.71. The van der Waals surface area contributed by atoms with Gasteiger partial charge in [0.2, 0.25) is 11.8 Å². The predicted molar refractivity (Wildman–Crippen MR) is 109 cm³/mol. The van der Waals surface area contributed by atoms with Gasteiger partial charge in [0.05, 0.1) is 19.1 Å². The maximum absolute atomic E-state index is 12.6. The van der Waals surface area contributed by atoms with E-state index in [-0.39, 0.29) is 17.9 Å². The molecular formula is C22H32N4O2. The van der Waals surface area contributed by atoms with Crippen LogP contribution in [0.4, 0.5) is 0 Å². The summed E-state index contributed by atoms with van der Waals surface area (Å²) in [5.74, 6) is 0.378. The Balaban J connectivity index is 1.21. The largest absolute Gasteiger partial charge is 0.348 e. The molecule has 1 aromatic rings. The summed E-state index contributed by atoms with van der Waals surface area (Å²) < 4.78 is 0. The monoisotopic (exact) mass is 384 g/mol. The first kappa shape index (κ1) is 19.4. The zero-order valence-electron chi connectivity index (χ0n) is 16.7. The third kappa shape index (κ3) is 4.73. The molecule has 1 N–H and O–H groups in total. The maximum Gasteiger partial charge on any atom is 0.236 e. The maximum atomic E-state index is 12.6. The summed E-state index contributed by atoms with van der Waals surface area (Å²) >= 11 is 0. The number of rotatable bonds is 5. The van der Waals surface area contributed by atoms with E-state index in [0.29, 0.717) is 13.1 Å². The van der Waals surface area contributed by atoms with Gasteiger partial charge < -0.3 is 10.2 Å². The summed E-state index contributed by atoms with van der Waals surface area (Å²) in [6, 6.07) is 8.62. The number of benzene rings is 1. The first-order valence-electron chi connectivity index (χ1n) is 10.8. The molecular weight excluding hydrogens is 352 g/mol. The third-order valence-electron chi connectivity index (χ3n) is 6.35. The van der Waals surface area contributed by atoms with E-state index in [4.69, 9.17) is 0 Å². The van der Waals surface area contributed by atoms with Crippen molar-refractivity contribution in [3.05, 3.63) is 35.4 Å². The highest BCUT2D eigenvalue weighted by Crippen LogP contribution is 2.29. The van der Waals surface area contributed by atoms with Crippen LogP contribution in [0.1, 0.15) is 42.9 Å². The van der Waals surface area contributed by atoms with E-state index in [2.05, 4.69) is 39.4 Å². The summed E-state index contributed by atoms with van der Waals surface area (Å²) in [7, 11) is 0. The number of hydrogen-bond donors (Lipinski definition) is 1. The second-order valence-corrected chi connectivity index (χ2v) is 8.35. The minimum atomic E-state index is 0.114. The summed E-state index contributed by atoms with van der Waals surface area (Å²) in [5.41, 5.74) is 2.66. The van der Waals surface area contributed by atoms with Gasteiger partial charge in [-0.3, -0.25) is 19.4 Å². The van der Waals surface area contributed by atoms with Crippen molar-refractivity contribution in [1.82, 2.24) is 20.0 Å². The molecule has 2 amide bonds. The Morgan fingerprint density at radius 2 is 1.57 bits per heavy atom. The van der Waals surface area contributed by atoms with Crippen LogP contribution in [0.3, 0.4) is 0 Å². The number of amides is 2. The molecule has 2 heterocycles. The first-order valence-corrected chi connectivity index (χ1v) is 10.8. The van der Waals surface area contributed by atoms with Gasteiger partial charge in [0.15, 0.2) is 0 Å². The summed E-state index contributed by atoms with van der Waals surface area (Å²) in [4.78, 5) is 31.3. The van der Waals surface area contributed by atoms with E-state index in [1.807, 2.05) is 4.90 Å². The molecule has 3 aliphatic rings. The molecule has 0 bridgehead atoms. The normalized spacial score (nSPS) is 23.4. The Hall–Kier alpha value is -1.92. The quantitative estimate of drug-likeness (QED) is 0.834. The molecule has 152 valence electrons. The highest BCUT2D eigenvalue weighted by Gasteiger charge is 2.26. The van der Waals surface area contributed by atoms with E-state index in [0.717, 1.165) is 71.4 Å². The van der Waals surface area contributed by atoms with Crippen LogP contribution in [-0.2, 0) is 16.0 Å². The van der Waals surface area contributed by atoms with Crippen LogP contribution in [0.5, 0.6) is 0 Å². The van der Waals surface area contributed by atoms with Gasteiger partial charge in [-0.05, 0) is 43.2 Å². The number of carbonyl (C=O) groups excluding carboxylic acids is 2. The molecule has 2 saturated heterocycles. The number of hydrogen-bond acceptors (Lipinski definition) is 4. The van der Waals surface area contributed by atoms with Crippen LogP contribution in [0.25, 0.3) is 0 Å². The van der Waals surface area contributed by atoms with Crippen molar-refractivity contribution in [2.75, 3.05) is 52.4 Å². The molecule has 2 fully saturated rings. The van der Waals surface area contributed by atoms with E-state index in [1.54, 1.807) is 0 Å². The number of nitrogens with one attached hydrogen (secondary N) is 1. The Morgan fingerprint density at radius 3 is 2.32 bits per heavy atom. The summed E-state index contributed by atoms with van der Waals surface area (Å²) in [6.45, 7) is 6.24. The third-order valence-corrected chi connectivity index (χ3v) is 6.35. The van der Waals surface area contributed by atoms with E-state index >= 15 is 0 Å². The molecule has 0 spiro atoms. The number of fused-ring (bicyclic) bond motifs is 1. The average molecular weight is 385 g/mol. The summed E-state index contributed by atoms with van der Waals surface area (Å²) in [5, 5.41) is 3.25. The second kappa shape index (κ2) is 9.05. The molecule has 0 radical (unpaired) electrons. The van der Waals surface area contributed by atoms with Crippen molar-refractivity contribution in [2.24, 2.45) is 0 Å². The van der Waals surface area contributed by atoms with Crippen LogP contribution < -0.4 is 5.32 Å². The van der Waals surface area contributed by atoms with Gasteiger partial charge in [-0.2, -0.15) is 0 Å². The zero-order valence-corrected chi connectivity index (χ0v) is 16.7. The highest BCUT2D eigenvalue weighted by atomic mass is 16.2. The molecule has 6 nitrogen and oxygen atoms in total. The van der Waals surface area contributed by atoms with Gasteiger partial charge in [0.25, 0.3) is 0 Å². The lowest BCUT2D eigenvalue weighted by Crippen LogP contribution is -2.52. The molecule has 1 atom stereocenters. The summed E-state index contributed by atoms with van der Waals surface area (Å²) in [6.07, 6.45) is 5.54. The molecule has 0 aromatic heterocycles. The Bertz CT molecular complexity index is 694. The van der Waals surface area contributed by atoms with Crippen molar-refractivity contribution < 1.29 is 9.59 Å². The number of piperazine rings is 1. The lowest BCUT2D eigenvalue weighted by atomic mass is 9.88. The molecule has 2 aliphatic heterocycles. The molecule has 28 heavy (non-hydrogen) atoms. The van der Waals surface area contributed by atoms with Crippen LogP contribution in [0, 0.1) is 0 Å². The molecule has 1 aliphatic carbocycles. The van der Waals surface area contributed by atoms with E-state index < -0.39 is 0 Å². The lowest BCUT2D eigenvalue weighted by Gasteiger charge is -2.35. The number of carbonyl (C=O) groups is 2. The van der Waals surface area contributed by atoms with Crippen LogP contribution in [-0.4, -0.2) is 78.9 Å². The Labute approximate surface area is 167 Å². The minimum Gasteiger partial charge on any atom is -0.348 e. The van der Waals surface area contributed by atoms with Gasteiger partial charge in [0.1, 0.15) is 0 Å². The number of likely N-dealkylation sites (tertiary alicyclic amines) is 1. The number of aryl methyl sites for hydroxylation is 1. The van der Waals surface area contributed by atoms with Crippen molar-refractivity contribution in [1.29, 1.82) is 0 Å². The topological polar surface area (TPSA) is 55.9 Å². The Kier molecular flexibility index (Phi) is 6.27. The lowest BCUT2D eigenvalue weighted by molar-refractivity contribution is -0.132. The predicted octanol–water partition coefficient (Wildman–Crippen LogP) is 1.42. The molecule has 0 saturated carbocycles. The van der Waals surface area contributed by atoms with Crippen molar-refractivity contribution in [3.8, 4) is 0 Å². The van der Waals surface area contributed by atoms with Crippen molar-refractivity contribution in [3.63, 3.8) is 0 Å². The second-order valence-electron chi connectivity index (χ2n) is 8.35. The van der Waals surface area contributed by atoms with E-state index in [1.165, 1.54) is 11.1 Å². The van der Waals surface area contributed by atoms with Crippen molar-refractivity contribution >= 4 is 11.8 Å². The average Bonchev–Trinajstić information content (AvgIpc) is 3.25.